The van der Waals surface area contributed by atoms with Gasteiger partial charge in [-0.05, 0) is 12.5 Å². The number of rotatable bonds is 4. The molecule has 0 bridgehead atoms. The van der Waals surface area contributed by atoms with Gasteiger partial charge in [0.05, 0.1) is 18.5 Å². The number of amides is 2. The zero-order valence-corrected chi connectivity index (χ0v) is 16.0. The number of nitrogens with zero attached hydrogens (tertiary/aromatic N) is 5. The van der Waals surface area contributed by atoms with E-state index < -0.39 is 35.8 Å². The minimum atomic E-state index is -1.48. The summed E-state index contributed by atoms with van der Waals surface area (Å²) in [6, 6.07) is 7.02. The van der Waals surface area contributed by atoms with Gasteiger partial charge < -0.3 is 10.6 Å². The summed E-state index contributed by atoms with van der Waals surface area (Å²) >= 11 is 0. The third-order valence-corrected chi connectivity index (χ3v) is 5.41. The standard InChI is InChI=1S/C20H20F2N6O2/c21-14-4-2-1-3-12(14)17-5-7-26-28(17)20(30)13-6-8-27(10-15(13)22)18-9-16(19(23)29)24-11-25-18/h1-4,7,9,11,13,15,17H,5-6,8,10H2,(H2,23,29)/t13-,15+,17-/m1/s1. The molecule has 2 aliphatic rings. The van der Waals surface area contributed by atoms with Gasteiger partial charge in [-0.3, -0.25) is 9.59 Å². The van der Waals surface area contributed by atoms with Gasteiger partial charge in [-0.1, -0.05) is 18.2 Å². The van der Waals surface area contributed by atoms with Crippen LogP contribution < -0.4 is 10.6 Å². The van der Waals surface area contributed by atoms with E-state index in [9.17, 15) is 14.0 Å². The molecule has 1 aromatic carbocycles. The fourth-order valence-electron chi connectivity index (χ4n) is 3.85. The number of anilines is 1. The van der Waals surface area contributed by atoms with Gasteiger partial charge >= 0.3 is 0 Å². The molecule has 3 heterocycles. The van der Waals surface area contributed by atoms with Crippen LogP contribution in [0.4, 0.5) is 14.6 Å². The van der Waals surface area contributed by atoms with Crippen molar-refractivity contribution in [1.82, 2.24) is 15.0 Å². The molecule has 2 amide bonds. The molecular formula is C20H20F2N6O2. The Hall–Kier alpha value is -3.43. The minimum absolute atomic E-state index is 0.0349. The third kappa shape index (κ3) is 3.72. The lowest BCUT2D eigenvalue weighted by Crippen LogP contribution is -2.48. The van der Waals surface area contributed by atoms with Crippen LogP contribution in [0.1, 0.15) is 34.9 Å². The topological polar surface area (TPSA) is 105 Å². The predicted octanol–water partition coefficient (Wildman–Crippen LogP) is 1.84. The summed E-state index contributed by atoms with van der Waals surface area (Å²) in [6.45, 7) is 0.279. The molecule has 1 fully saturated rings. The number of alkyl halides is 1. The fourth-order valence-corrected chi connectivity index (χ4v) is 3.85. The van der Waals surface area contributed by atoms with E-state index in [1.165, 1.54) is 23.5 Å². The zero-order valence-electron chi connectivity index (χ0n) is 16.0. The van der Waals surface area contributed by atoms with Crippen molar-refractivity contribution in [2.75, 3.05) is 18.0 Å². The summed E-state index contributed by atoms with van der Waals surface area (Å²) in [6.07, 6.45) is 1.86. The average molecular weight is 414 g/mol. The number of carbonyl (C=O) groups excluding carboxylic acids is 2. The number of hydrogen-bond acceptors (Lipinski definition) is 6. The Balaban J connectivity index is 1.47. The van der Waals surface area contributed by atoms with Crippen molar-refractivity contribution in [2.45, 2.75) is 25.1 Å². The number of halogens is 2. The number of aromatic nitrogens is 2. The number of benzene rings is 1. The van der Waals surface area contributed by atoms with Crippen molar-refractivity contribution in [1.29, 1.82) is 0 Å². The highest BCUT2D eigenvalue weighted by molar-refractivity contribution is 5.91. The Kier molecular flexibility index (Phi) is 5.39. The molecule has 0 unspecified atom stereocenters. The molecular weight excluding hydrogens is 394 g/mol. The smallest absolute Gasteiger partial charge is 0.267 e. The van der Waals surface area contributed by atoms with E-state index >= 15 is 4.39 Å². The van der Waals surface area contributed by atoms with Gasteiger partial charge in [0.15, 0.2) is 0 Å². The first-order chi connectivity index (χ1) is 14.5. The molecule has 0 saturated carbocycles. The van der Waals surface area contributed by atoms with E-state index in [1.807, 2.05) is 0 Å². The second kappa shape index (κ2) is 8.13. The Labute approximate surface area is 171 Å². The predicted molar refractivity (Wildman–Crippen MR) is 105 cm³/mol. The molecule has 30 heavy (non-hydrogen) atoms. The number of nitrogens with two attached hydrogens (primary N) is 1. The van der Waals surface area contributed by atoms with Crippen LogP contribution in [0.25, 0.3) is 0 Å². The second-order valence-electron chi connectivity index (χ2n) is 7.24. The lowest BCUT2D eigenvalue weighted by molar-refractivity contribution is -0.140. The molecule has 0 radical (unpaired) electrons. The normalized spacial score (nSPS) is 23.6. The molecule has 4 rings (SSSR count). The van der Waals surface area contributed by atoms with Crippen molar-refractivity contribution in [3.63, 3.8) is 0 Å². The Morgan fingerprint density at radius 2 is 2.00 bits per heavy atom. The quantitative estimate of drug-likeness (QED) is 0.822. The Morgan fingerprint density at radius 3 is 2.73 bits per heavy atom. The van der Waals surface area contributed by atoms with Crippen LogP contribution in [0.2, 0.25) is 0 Å². The zero-order chi connectivity index (χ0) is 21.3. The van der Waals surface area contributed by atoms with Crippen LogP contribution in [0, 0.1) is 11.7 Å². The van der Waals surface area contributed by atoms with E-state index in [4.69, 9.17) is 5.73 Å². The van der Waals surface area contributed by atoms with Gasteiger partial charge in [-0.25, -0.2) is 23.8 Å². The molecule has 1 aromatic heterocycles. The van der Waals surface area contributed by atoms with Gasteiger partial charge in [0.1, 0.15) is 29.8 Å². The minimum Gasteiger partial charge on any atom is -0.364 e. The highest BCUT2D eigenvalue weighted by atomic mass is 19.1. The largest absolute Gasteiger partial charge is 0.364 e. The summed E-state index contributed by atoms with van der Waals surface area (Å²) < 4.78 is 29.2. The molecule has 8 nitrogen and oxygen atoms in total. The molecule has 1 saturated heterocycles. The summed E-state index contributed by atoms with van der Waals surface area (Å²) in [5, 5.41) is 5.29. The highest BCUT2D eigenvalue weighted by Crippen LogP contribution is 2.34. The molecule has 10 heteroatoms. The van der Waals surface area contributed by atoms with Gasteiger partial charge in [0.25, 0.3) is 5.91 Å². The van der Waals surface area contributed by atoms with Gasteiger partial charge in [0.2, 0.25) is 5.91 Å². The van der Waals surface area contributed by atoms with Gasteiger partial charge in [-0.15, -0.1) is 0 Å². The lowest BCUT2D eigenvalue weighted by atomic mass is 9.92. The van der Waals surface area contributed by atoms with Crippen LogP contribution in [0.5, 0.6) is 0 Å². The van der Waals surface area contributed by atoms with Crippen molar-refractivity contribution < 1.29 is 18.4 Å². The van der Waals surface area contributed by atoms with Crippen molar-refractivity contribution in [2.24, 2.45) is 16.8 Å². The molecule has 156 valence electrons. The molecule has 2 aliphatic heterocycles. The van der Waals surface area contributed by atoms with Crippen molar-refractivity contribution >= 4 is 23.8 Å². The molecule has 3 atom stereocenters. The van der Waals surface area contributed by atoms with Gasteiger partial charge in [-0.2, -0.15) is 5.10 Å². The Morgan fingerprint density at radius 1 is 1.20 bits per heavy atom. The van der Waals surface area contributed by atoms with Crippen LogP contribution in [-0.2, 0) is 4.79 Å². The highest BCUT2D eigenvalue weighted by Gasteiger charge is 2.41. The first-order valence-corrected chi connectivity index (χ1v) is 9.56. The molecule has 0 spiro atoms. The number of piperidine rings is 1. The Bertz CT molecular complexity index is 1000. The summed E-state index contributed by atoms with van der Waals surface area (Å²) in [4.78, 5) is 33.8. The van der Waals surface area contributed by atoms with E-state index in [0.717, 1.165) is 0 Å². The van der Waals surface area contributed by atoms with E-state index in [-0.39, 0.29) is 18.7 Å². The van der Waals surface area contributed by atoms with E-state index in [2.05, 4.69) is 15.1 Å². The maximum absolute atomic E-state index is 15.0. The number of carbonyl (C=O) groups is 2. The summed E-state index contributed by atoms with van der Waals surface area (Å²) in [5.74, 6) is -2.12. The van der Waals surface area contributed by atoms with Gasteiger partial charge in [0, 0.05) is 30.8 Å². The maximum Gasteiger partial charge on any atom is 0.267 e. The monoisotopic (exact) mass is 414 g/mol. The van der Waals surface area contributed by atoms with E-state index in [1.54, 1.807) is 29.3 Å². The van der Waals surface area contributed by atoms with Crippen LogP contribution in [0.15, 0.2) is 41.8 Å². The lowest BCUT2D eigenvalue weighted by Gasteiger charge is -2.36. The summed E-state index contributed by atoms with van der Waals surface area (Å²) in [7, 11) is 0. The number of hydrogen-bond donors (Lipinski definition) is 1. The van der Waals surface area contributed by atoms with Crippen LogP contribution in [-0.4, -0.2) is 52.3 Å². The molecule has 2 aromatic rings. The fraction of sp³-hybridized carbons (Fsp3) is 0.350. The van der Waals surface area contributed by atoms with Crippen LogP contribution >= 0.6 is 0 Å². The van der Waals surface area contributed by atoms with Crippen molar-refractivity contribution in [3.8, 4) is 0 Å². The number of primary amides is 1. The maximum atomic E-state index is 15.0. The van der Waals surface area contributed by atoms with Crippen LogP contribution in [0.3, 0.4) is 0 Å². The first kappa shape index (κ1) is 19.9. The third-order valence-electron chi connectivity index (χ3n) is 5.41. The molecule has 2 N–H and O–H groups in total. The SMILES string of the molecule is NC(=O)c1cc(N2CC[C@@H](C(=O)N3N=CC[C@@H]3c3ccccc3F)[C@@H](F)C2)ncn1. The average Bonchev–Trinajstić information content (AvgIpc) is 3.23. The summed E-state index contributed by atoms with van der Waals surface area (Å²) in [5.41, 5.74) is 5.62. The molecule has 0 aliphatic carbocycles. The second-order valence-corrected chi connectivity index (χ2v) is 7.24. The van der Waals surface area contributed by atoms with E-state index in [0.29, 0.717) is 24.3 Å². The number of hydrazone groups is 1. The van der Waals surface area contributed by atoms with Crippen molar-refractivity contribution in [3.05, 3.63) is 53.7 Å². The first-order valence-electron chi connectivity index (χ1n) is 9.56.